The lowest BCUT2D eigenvalue weighted by Gasteiger charge is -2.21. The van der Waals surface area contributed by atoms with Crippen LogP contribution in [0.25, 0.3) is 0 Å². The van der Waals surface area contributed by atoms with E-state index in [2.05, 4.69) is 9.97 Å². The fraction of sp³-hybridized carbons (Fsp3) is 0.636. The van der Waals surface area contributed by atoms with E-state index < -0.39 is 0 Å². The molecule has 0 spiro atoms. The van der Waals surface area contributed by atoms with E-state index in [4.69, 9.17) is 4.74 Å². The van der Waals surface area contributed by atoms with Gasteiger partial charge in [0.05, 0.1) is 12.2 Å². The summed E-state index contributed by atoms with van der Waals surface area (Å²) in [6.45, 7) is 3.14. The normalized spacial score (nSPS) is 20.9. The van der Waals surface area contributed by atoms with Gasteiger partial charge in [0.25, 0.3) is 5.56 Å². The molecule has 2 N–H and O–H groups in total. The van der Waals surface area contributed by atoms with Crippen LogP contribution in [-0.4, -0.2) is 28.3 Å². The average molecular weight is 224 g/mol. The van der Waals surface area contributed by atoms with Gasteiger partial charge < -0.3 is 14.8 Å². The lowest BCUT2D eigenvalue weighted by Crippen LogP contribution is -2.23. The van der Waals surface area contributed by atoms with Gasteiger partial charge in [0.1, 0.15) is 5.82 Å². The topological polar surface area (TPSA) is 75.2 Å². The van der Waals surface area contributed by atoms with Crippen LogP contribution in [0.1, 0.15) is 37.1 Å². The predicted octanol–water partition coefficient (Wildman–Crippen LogP) is 0.932. The van der Waals surface area contributed by atoms with E-state index in [1.807, 2.05) is 6.92 Å². The van der Waals surface area contributed by atoms with Gasteiger partial charge in [-0.25, -0.2) is 0 Å². The Morgan fingerprint density at radius 2 is 2.44 bits per heavy atom. The summed E-state index contributed by atoms with van der Waals surface area (Å²) in [5.74, 6) is 0.490. The van der Waals surface area contributed by atoms with Gasteiger partial charge in [-0.3, -0.25) is 4.79 Å². The molecule has 5 nitrogen and oxygen atoms in total. The molecule has 0 bridgehead atoms. The summed E-state index contributed by atoms with van der Waals surface area (Å²) >= 11 is 0. The van der Waals surface area contributed by atoms with Crippen LogP contribution in [-0.2, 0) is 11.2 Å². The number of aromatic amines is 1. The first-order chi connectivity index (χ1) is 7.72. The maximum absolute atomic E-state index is 11.6. The monoisotopic (exact) mass is 224 g/mol. The molecule has 0 radical (unpaired) electrons. The Morgan fingerprint density at radius 1 is 1.62 bits per heavy atom. The van der Waals surface area contributed by atoms with E-state index in [0.29, 0.717) is 24.4 Å². The van der Waals surface area contributed by atoms with E-state index >= 15 is 0 Å². The van der Waals surface area contributed by atoms with Gasteiger partial charge in [-0.15, -0.1) is 0 Å². The van der Waals surface area contributed by atoms with Gasteiger partial charge >= 0.3 is 0 Å². The summed E-state index contributed by atoms with van der Waals surface area (Å²) in [5, 5.41) is 9.63. The highest BCUT2D eigenvalue weighted by Gasteiger charge is 2.20. The van der Waals surface area contributed by atoms with E-state index in [-0.39, 0.29) is 17.4 Å². The highest BCUT2D eigenvalue weighted by Crippen LogP contribution is 2.23. The molecule has 1 aromatic heterocycles. The zero-order chi connectivity index (χ0) is 11.5. The number of hydrogen-bond donors (Lipinski definition) is 2. The van der Waals surface area contributed by atoms with Gasteiger partial charge in [0.2, 0.25) is 5.88 Å². The molecule has 1 aliphatic heterocycles. The Labute approximate surface area is 93.5 Å². The molecule has 0 amide bonds. The minimum absolute atomic E-state index is 0.0956. The number of ether oxygens (including phenoxy) is 1. The van der Waals surface area contributed by atoms with Crippen molar-refractivity contribution in [1.29, 1.82) is 0 Å². The summed E-state index contributed by atoms with van der Waals surface area (Å²) in [4.78, 5) is 18.4. The third-order valence-electron chi connectivity index (χ3n) is 2.91. The highest BCUT2D eigenvalue weighted by atomic mass is 16.5. The molecule has 88 valence electrons. The molecule has 1 aromatic rings. The second kappa shape index (κ2) is 4.65. The van der Waals surface area contributed by atoms with Crippen molar-refractivity contribution in [1.82, 2.24) is 9.97 Å². The fourth-order valence-electron chi connectivity index (χ4n) is 1.97. The lowest BCUT2D eigenvalue weighted by atomic mass is 10.0. The molecule has 16 heavy (non-hydrogen) atoms. The minimum Gasteiger partial charge on any atom is -0.493 e. The fourth-order valence-corrected chi connectivity index (χ4v) is 1.97. The van der Waals surface area contributed by atoms with Crippen LogP contribution in [0.15, 0.2) is 4.79 Å². The summed E-state index contributed by atoms with van der Waals surface area (Å²) in [6.07, 6.45) is 2.38. The Hall–Kier alpha value is -1.36. The summed E-state index contributed by atoms with van der Waals surface area (Å²) in [5.41, 5.74) is 0.107. The molecule has 0 aliphatic carbocycles. The third kappa shape index (κ3) is 2.09. The Kier molecular flexibility index (Phi) is 3.24. The van der Waals surface area contributed by atoms with Gasteiger partial charge in [-0.1, -0.05) is 6.92 Å². The lowest BCUT2D eigenvalue weighted by molar-refractivity contribution is 0.0778. The molecular formula is C11H16N2O3. The summed E-state index contributed by atoms with van der Waals surface area (Å²) in [6, 6.07) is 0. The minimum atomic E-state index is -0.240. The maximum Gasteiger partial charge on any atom is 0.257 e. The molecule has 1 unspecified atom stereocenters. The zero-order valence-corrected chi connectivity index (χ0v) is 9.32. The standard InChI is InChI=1S/C11H16N2O3/c1-2-8-10(14)12-9(13-11(8)15)7-4-3-5-16-6-7/h7H,2-6H2,1H3,(H2,12,13,14,15). The predicted molar refractivity (Wildman–Crippen MR) is 58.7 cm³/mol. The van der Waals surface area contributed by atoms with E-state index in [1.54, 1.807) is 0 Å². The molecule has 1 aliphatic rings. The molecule has 1 fully saturated rings. The number of nitrogens with one attached hydrogen (secondary N) is 1. The van der Waals surface area contributed by atoms with Crippen molar-refractivity contribution in [2.24, 2.45) is 0 Å². The number of aromatic nitrogens is 2. The molecule has 5 heteroatoms. The Morgan fingerprint density at radius 3 is 3.00 bits per heavy atom. The zero-order valence-electron chi connectivity index (χ0n) is 9.32. The number of nitrogens with zero attached hydrogens (tertiary/aromatic N) is 1. The first-order valence-corrected chi connectivity index (χ1v) is 5.62. The second-order valence-corrected chi connectivity index (χ2v) is 4.02. The van der Waals surface area contributed by atoms with Crippen molar-refractivity contribution in [3.63, 3.8) is 0 Å². The Balaban J connectivity index is 2.31. The van der Waals surface area contributed by atoms with E-state index in [9.17, 15) is 9.90 Å². The van der Waals surface area contributed by atoms with Crippen LogP contribution in [0.4, 0.5) is 0 Å². The molecule has 0 saturated carbocycles. The third-order valence-corrected chi connectivity index (χ3v) is 2.91. The second-order valence-electron chi connectivity index (χ2n) is 4.02. The smallest absolute Gasteiger partial charge is 0.257 e. The molecule has 0 aromatic carbocycles. The number of hydrogen-bond acceptors (Lipinski definition) is 4. The van der Waals surface area contributed by atoms with Gasteiger partial charge in [-0.2, -0.15) is 4.98 Å². The molecule has 1 atom stereocenters. The summed E-state index contributed by atoms with van der Waals surface area (Å²) < 4.78 is 5.33. The first-order valence-electron chi connectivity index (χ1n) is 5.62. The van der Waals surface area contributed by atoms with Crippen molar-refractivity contribution >= 4 is 0 Å². The van der Waals surface area contributed by atoms with Crippen molar-refractivity contribution < 1.29 is 9.84 Å². The molecule has 1 saturated heterocycles. The first kappa shape index (κ1) is 11.1. The van der Waals surface area contributed by atoms with Crippen LogP contribution < -0.4 is 5.56 Å². The largest absolute Gasteiger partial charge is 0.493 e. The summed E-state index contributed by atoms with van der Waals surface area (Å²) in [7, 11) is 0. The van der Waals surface area contributed by atoms with Crippen molar-refractivity contribution in [2.45, 2.75) is 32.1 Å². The van der Waals surface area contributed by atoms with Crippen LogP contribution >= 0.6 is 0 Å². The van der Waals surface area contributed by atoms with Crippen LogP contribution in [0.2, 0.25) is 0 Å². The molecule has 2 rings (SSSR count). The van der Waals surface area contributed by atoms with Gasteiger partial charge in [0.15, 0.2) is 0 Å². The Bertz CT molecular complexity index is 422. The van der Waals surface area contributed by atoms with Crippen LogP contribution in [0.5, 0.6) is 5.88 Å². The van der Waals surface area contributed by atoms with Gasteiger partial charge in [-0.05, 0) is 19.3 Å². The van der Waals surface area contributed by atoms with Crippen molar-refractivity contribution in [3.05, 3.63) is 21.7 Å². The van der Waals surface area contributed by atoms with Gasteiger partial charge in [0, 0.05) is 12.5 Å². The van der Waals surface area contributed by atoms with E-state index in [0.717, 1.165) is 19.4 Å². The van der Waals surface area contributed by atoms with Crippen LogP contribution in [0, 0.1) is 0 Å². The maximum atomic E-state index is 11.6. The van der Waals surface area contributed by atoms with Crippen LogP contribution in [0.3, 0.4) is 0 Å². The molecular weight excluding hydrogens is 208 g/mol. The average Bonchev–Trinajstić information content (AvgIpc) is 2.30. The van der Waals surface area contributed by atoms with E-state index in [1.165, 1.54) is 0 Å². The van der Waals surface area contributed by atoms with Crippen molar-refractivity contribution in [3.8, 4) is 5.88 Å². The SMILES string of the molecule is CCc1c(O)nc(C2CCCOC2)[nH]c1=O. The quantitative estimate of drug-likeness (QED) is 0.783. The highest BCUT2D eigenvalue weighted by molar-refractivity contribution is 5.23. The number of rotatable bonds is 2. The number of aromatic hydroxyl groups is 1. The van der Waals surface area contributed by atoms with Crippen molar-refractivity contribution in [2.75, 3.05) is 13.2 Å². The number of H-pyrrole nitrogens is 1. The molecule has 2 heterocycles.